The lowest BCUT2D eigenvalue weighted by Crippen LogP contribution is -2.31. The maximum atomic E-state index is 6.39. The molecule has 0 atom stereocenters. The zero-order valence-corrected chi connectivity index (χ0v) is 20.3. The van der Waals surface area contributed by atoms with Crippen molar-refractivity contribution in [1.29, 1.82) is 0 Å². The summed E-state index contributed by atoms with van der Waals surface area (Å²) in [4.78, 5) is 4.21. The molecule has 0 saturated carbocycles. The molecule has 11 heteroatoms. The van der Waals surface area contributed by atoms with Crippen LogP contribution in [0.1, 0.15) is 25.1 Å². The van der Waals surface area contributed by atoms with Gasteiger partial charge in [0.2, 0.25) is 0 Å². The van der Waals surface area contributed by atoms with Crippen LogP contribution in [0.5, 0.6) is 11.5 Å². The number of hydrogen-bond acceptors (Lipinski definition) is 7. The fraction of sp³-hybridized carbons (Fsp3) is 0.182. The number of anilines is 2. The molecule has 4 rings (SSSR count). The third-order valence-corrected chi connectivity index (χ3v) is 5.63. The van der Waals surface area contributed by atoms with E-state index in [1.807, 2.05) is 26.0 Å². The molecule has 8 nitrogen and oxygen atoms in total. The second-order valence-electron chi connectivity index (χ2n) is 6.70. The summed E-state index contributed by atoms with van der Waals surface area (Å²) in [6, 6.07) is 10.3. The van der Waals surface area contributed by atoms with E-state index < -0.39 is 0 Å². The number of H-pyrrole nitrogens is 1. The number of benzene rings is 2. The first kappa shape index (κ1) is 24.9. The summed E-state index contributed by atoms with van der Waals surface area (Å²) >= 11 is 18.9. The number of hydrazine groups is 1. The molecule has 0 saturated heterocycles. The minimum absolute atomic E-state index is 0.197. The summed E-state index contributed by atoms with van der Waals surface area (Å²) in [6.07, 6.45) is 1.67. The van der Waals surface area contributed by atoms with Gasteiger partial charge in [0.1, 0.15) is 11.4 Å². The van der Waals surface area contributed by atoms with Gasteiger partial charge in [0.05, 0.1) is 28.0 Å². The van der Waals surface area contributed by atoms with Crippen LogP contribution in [0.2, 0.25) is 15.1 Å². The molecule has 174 valence electrons. The molecule has 4 aromatic rings. The Bertz CT molecular complexity index is 1260. The van der Waals surface area contributed by atoms with Crippen LogP contribution in [-0.2, 0) is 13.1 Å². The van der Waals surface area contributed by atoms with E-state index in [0.29, 0.717) is 33.5 Å². The van der Waals surface area contributed by atoms with Crippen molar-refractivity contribution in [2.24, 2.45) is 11.6 Å². The number of nitrogens with zero attached hydrogens (tertiary/aromatic N) is 3. The van der Waals surface area contributed by atoms with Crippen LogP contribution in [0, 0.1) is 0 Å². The number of nitrogens with one attached hydrogen (secondary N) is 1. The van der Waals surface area contributed by atoms with E-state index in [2.05, 4.69) is 15.2 Å². The largest absolute Gasteiger partial charge is 0.452 e. The smallest absolute Gasteiger partial charge is 0.181 e. The van der Waals surface area contributed by atoms with E-state index in [1.165, 1.54) is 5.01 Å². The molecular formula is C22H24Cl3N7O. The van der Waals surface area contributed by atoms with E-state index in [-0.39, 0.29) is 28.8 Å². The molecule has 33 heavy (non-hydrogen) atoms. The molecule has 0 aliphatic carbocycles. The minimum atomic E-state index is 0.197. The molecule has 0 radical (unpaired) electrons. The number of nitrogens with two attached hydrogens (primary N) is 3. The summed E-state index contributed by atoms with van der Waals surface area (Å²) in [5, 5.41) is 10.5. The maximum Gasteiger partial charge on any atom is 0.181 e. The second kappa shape index (κ2) is 10.9. The van der Waals surface area contributed by atoms with Crippen molar-refractivity contribution < 1.29 is 4.74 Å². The van der Waals surface area contributed by atoms with Gasteiger partial charge in [-0.15, -0.1) is 0 Å². The normalized spacial score (nSPS) is 10.6. The third kappa shape index (κ3) is 5.26. The van der Waals surface area contributed by atoms with E-state index in [1.54, 1.807) is 30.5 Å². The van der Waals surface area contributed by atoms with Crippen LogP contribution < -0.4 is 27.1 Å². The highest BCUT2D eigenvalue weighted by atomic mass is 35.5. The first-order valence-corrected chi connectivity index (χ1v) is 11.3. The van der Waals surface area contributed by atoms with Gasteiger partial charge >= 0.3 is 0 Å². The number of aromatic amines is 1. The predicted octanol–water partition coefficient (Wildman–Crippen LogP) is 5.66. The van der Waals surface area contributed by atoms with Crippen LogP contribution in [0.4, 0.5) is 11.4 Å². The zero-order valence-electron chi connectivity index (χ0n) is 18.1. The van der Waals surface area contributed by atoms with E-state index in [0.717, 1.165) is 11.1 Å². The van der Waals surface area contributed by atoms with Gasteiger partial charge in [0, 0.05) is 29.2 Å². The van der Waals surface area contributed by atoms with E-state index in [4.69, 9.17) is 56.8 Å². The number of pyridine rings is 1. The summed E-state index contributed by atoms with van der Waals surface area (Å²) in [5.74, 6) is 6.81. The molecule has 2 aromatic carbocycles. The average molecular weight is 509 g/mol. The van der Waals surface area contributed by atoms with Gasteiger partial charge in [0.25, 0.3) is 0 Å². The van der Waals surface area contributed by atoms with Gasteiger partial charge in [-0.1, -0.05) is 48.7 Å². The second-order valence-corrected chi connectivity index (χ2v) is 7.92. The fourth-order valence-electron chi connectivity index (χ4n) is 3.15. The number of nitrogen functional groups attached to an aromatic ring is 1. The van der Waals surface area contributed by atoms with Crippen molar-refractivity contribution in [1.82, 2.24) is 15.2 Å². The Morgan fingerprint density at radius 2 is 1.88 bits per heavy atom. The number of rotatable bonds is 6. The van der Waals surface area contributed by atoms with Gasteiger partial charge in [-0.05, 0) is 35.9 Å². The Morgan fingerprint density at radius 3 is 2.61 bits per heavy atom. The summed E-state index contributed by atoms with van der Waals surface area (Å²) in [7, 11) is 0. The van der Waals surface area contributed by atoms with Crippen molar-refractivity contribution in [2.45, 2.75) is 26.9 Å². The number of aromatic nitrogens is 3. The van der Waals surface area contributed by atoms with Crippen LogP contribution >= 0.6 is 34.8 Å². The Labute approximate surface area is 206 Å². The van der Waals surface area contributed by atoms with Crippen LogP contribution in [-0.4, -0.2) is 15.2 Å². The van der Waals surface area contributed by atoms with Crippen molar-refractivity contribution in [2.75, 3.05) is 10.7 Å². The highest BCUT2D eigenvalue weighted by molar-refractivity contribution is 6.35. The fourth-order valence-corrected chi connectivity index (χ4v) is 3.81. The quantitative estimate of drug-likeness (QED) is 0.150. The number of halogens is 3. The molecule has 0 unspecified atom stereocenters. The van der Waals surface area contributed by atoms with Crippen molar-refractivity contribution in [3.05, 3.63) is 68.9 Å². The standard InChI is InChI=1S/C20H18Cl3N7O.C2H6/c21-11-6-10(8-24)17(23)16(7-11)31-19-13(22)3-4-15(18(19)25)30(26)9-14-12-2-1-5-27-20(12)29-28-14;1-2/h1-7H,8-9,24-26H2,(H,27,28,29);1-2H3. The van der Waals surface area contributed by atoms with Gasteiger partial charge in [-0.2, -0.15) is 5.10 Å². The van der Waals surface area contributed by atoms with Crippen molar-refractivity contribution >= 4 is 57.2 Å². The maximum absolute atomic E-state index is 6.39. The molecule has 0 aliphatic heterocycles. The van der Waals surface area contributed by atoms with E-state index >= 15 is 0 Å². The van der Waals surface area contributed by atoms with Gasteiger partial charge in [0.15, 0.2) is 11.4 Å². The SMILES string of the molecule is CC.NCc1cc(Cl)cc(Oc2c(Cl)ccc(N(N)Cc3[nH]nc4ncccc34)c2N)c1Cl. The molecule has 0 fully saturated rings. The van der Waals surface area contributed by atoms with Crippen LogP contribution in [0.25, 0.3) is 11.0 Å². The molecule has 0 aliphatic rings. The molecule has 7 N–H and O–H groups in total. The number of ether oxygens (including phenoxy) is 1. The summed E-state index contributed by atoms with van der Waals surface area (Å²) < 4.78 is 5.95. The zero-order chi connectivity index (χ0) is 24.1. The molecule has 0 amide bonds. The monoisotopic (exact) mass is 507 g/mol. The Morgan fingerprint density at radius 1 is 1.12 bits per heavy atom. The summed E-state index contributed by atoms with van der Waals surface area (Å²) in [6.45, 7) is 4.49. The van der Waals surface area contributed by atoms with Crippen molar-refractivity contribution in [3.63, 3.8) is 0 Å². The van der Waals surface area contributed by atoms with Crippen molar-refractivity contribution in [3.8, 4) is 11.5 Å². The number of hydrogen-bond donors (Lipinski definition) is 4. The molecule has 2 heterocycles. The summed E-state index contributed by atoms with van der Waals surface area (Å²) in [5.41, 5.74) is 14.9. The van der Waals surface area contributed by atoms with E-state index in [9.17, 15) is 0 Å². The van der Waals surface area contributed by atoms with Gasteiger partial charge in [-0.3, -0.25) is 5.10 Å². The minimum Gasteiger partial charge on any atom is -0.452 e. The average Bonchev–Trinajstić information content (AvgIpc) is 3.22. The first-order valence-electron chi connectivity index (χ1n) is 10.1. The number of fused-ring (bicyclic) bond motifs is 1. The highest BCUT2D eigenvalue weighted by Gasteiger charge is 2.19. The predicted molar refractivity (Wildman–Crippen MR) is 136 cm³/mol. The lowest BCUT2D eigenvalue weighted by atomic mass is 10.2. The lowest BCUT2D eigenvalue weighted by Gasteiger charge is -2.22. The van der Waals surface area contributed by atoms with Gasteiger partial charge in [-0.25, -0.2) is 10.8 Å². The molecule has 0 spiro atoms. The Balaban J connectivity index is 0.00000149. The topological polar surface area (TPSA) is 132 Å². The van der Waals surface area contributed by atoms with Crippen LogP contribution in [0.15, 0.2) is 42.6 Å². The third-order valence-electron chi connectivity index (χ3n) is 4.68. The highest BCUT2D eigenvalue weighted by Crippen LogP contribution is 2.43. The molecule has 0 bridgehead atoms. The molecular weight excluding hydrogens is 485 g/mol. The Hall–Kier alpha value is -2.75. The van der Waals surface area contributed by atoms with Crippen LogP contribution in [0.3, 0.4) is 0 Å². The lowest BCUT2D eigenvalue weighted by molar-refractivity contribution is 0.485. The Kier molecular flexibility index (Phi) is 8.23. The first-order chi connectivity index (χ1) is 15.9. The van der Waals surface area contributed by atoms with Gasteiger partial charge < -0.3 is 21.2 Å². The molecule has 2 aromatic heterocycles.